The molecule has 0 atom stereocenters. The molecule has 100 valence electrons. The van der Waals surface area contributed by atoms with Gasteiger partial charge in [0.2, 0.25) is 0 Å². The smallest absolute Gasteiger partial charge is 0.251 e. The van der Waals surface area contributed by atoms with Crippen molar-refractivity contribution in [2.75, 3.05) is 19.4 Å². The average Bonchev–Trinajstić information content (AvgIpc) is 3.24. The van der Waals surface area contributed by atoms with Gasteiger partial charge in [-0.25, -0.2) is 0 Å². The highest BCUT2D eigenvalue weighted by molar-refractivity contribution is 8.00. The fourth-order valence-electron chi connectivity index (χ4n) is 1.78. The van der Waals surface area contributed by atoms with Crippen LogP contribution in [0.4, 0.5) is 0 Å². The molecule has 1 saturated carbocycles. The highest BCUT2D eigenvalue weighted by atomic mass is 32.2. The summed E-state index contributed by atoms with van der Waals surface area (Å²) in [5, 5.41) is 11.6. The lowest BCUT2D eigenvalue weighted by Crippen LogP contribution is -2.31. The standard InChI is InChI=1S/C15H17NO2S/c1-19-15(8-9-15)11-16-14(18)13-6-4-12(5-7-13)3-2-10-17/h4-7,17H,8-11H2,1H3,(H,16,18). The molecule has 1 aliphatic carbocycles. The molecule has 2 rings (SSSR count). The molecule has 1 amide bonds. The highest BCUT2D eigenvalue weighted by Crippen LogP contribution is 2.46. The third-order valence-corrected chi connectivity index (χ3v) is 4.69. The molecule has 1 aromatic rings. The number of aliphatic hydroxyl groups is 1. The fraction of sp³-hybridized carbons (Fsp3) is 0.400. The largest absolute Gasteiger partial charge is 0.384 e. The van der Waals surface area contributed by atoms with Crippen LogP contribution >= 0.6 is 11.8 Å². The zero-order valence-corrected chi connectivity index (χ0v) is 11.7. The van der Waals surface area contributed by atoms with Crippen molar-refractivity contribution in [1.29, 1.82) is 0 Å². The van der Waals surface area contributed by atoms with Crippen molar-refractivity contribution in [2.45, 2.75) is 17.6 Å². The van der Waals surface area contributed by atoms with Gasteiger partial charge in [0.1, 0.15) is 6.61 Å². The summed E-state index contributed by atoms with van der Waals surface area (Å²) in [5.41, 5.74) is 1.44. The van der Waals surface area contributed by atoms with Crippen molar-refractivity contribution in [1.82, 2.24) is 5.32 Å². The monoisotopic (exact) mass is 275 g/mol. The Morgan fingerprint density at radius 3 is 2.63 bits per heavy atom. The molecular formula is C15H17NO2S. The number of carbonyl (C=O) groups is 1. The van der Waals surface area contributed by atoms with E-state index in [0.29, 0.717) is 5.56 Å². The first-order valence-corrected chi connectivity index (χ1v) is 7.45. The van der Waals surface area contributed by atoms with E-state index in [0.717, 1.165) is 12.1 Å². The summed E-state index contributed by atoms with van der Waals surface area (Å²) >= 11 is 1.83. The Labute approximate surface area is 117 Å². The van der Waals surface area contributed by atoms with Crippen LogP contribution in [0.15, 0.2) is 24.3 Å². The predicted octanol–water partition coefficient (Wildman–Crippen LogP) is 1.66. The van der Waals surface area contributed by atoms with Crippen LogP contribution in [0.3, 0.4) is 0 Å². The van der Waals surface area contributed by atoms with E-state index >= 15 is 0 Å². The number of aliphatic hydroxyl groups excluding tert-OH is 1. The molecule has 0 aliphatic heterocycles. The minimum Gasteiger partial charge on any atom is -0.384 e. The van der Waals surface area contributed by atoms with Gasteiger partial charge in [-0.05, 0) is 43.4 Å². The second-order valence-electron chi connectivity index (χ2n) is 4.61. The van der Waals surface area contributed by atoms with Gasteiger partial charge in [0.15, 0.2) is 0 Å². The lowest BCUT2D eigenvalue weighted by atomic mass is 10.1. The first-order chi connectivity index (χ1) is 9.19. The van der Waals surface area contributed by atoms with Crippen LogP contribution in [0.25, 0.3) is 0 Å². The SMILES string of the molecule is CSC1(CNC(=O)c2ccc(C#CCO)cc2)CC1. The third kappa shape index (κ3) is 3.76. The summed E-state index contributed by atoms with van der Waals surface area (Å²) in [5.74, 6) is 5.34. The van der Waals surface area contributed by atoms with Crippen molar-refractivity contribution in [3.8, 4) is 11.8 Å². The average molecular weight is 275 g/mol. The number of hydrogen-bond acceptors (Lipinski definition) is 3. The molecule has 4 heteroatoms. The number of thioether (sulfide) groups is 1. The summed E-state index contributed by atoms with van der Waals surface area (Å²) in [7, 11) is 0. The molecule has 19 heavy (non-hydrogen) atoms. The molecule has 0 saturated heterocycles. The van der Waals surface area contributed by atoms with Crippen molar-refractivity contribution in [3.63, 3.8) is 0 Å². The minimum absolute atomic E-state index is 0.0398. The van der Waals surface area contributed by atoms with Crippen molar-refractivity contribution in [3.05, 3.63) is 35.4 Å². The molecule has 1 fully saturated rings. The van der Waals surface area contributed by atoms with E-state index in [9.17, 15) is 4.79 Å². The van der Waals surface area contributed by atoms with E-state index in [4.69, 9.17) is 5.11 Å². The van der Waals surface area contributed by atoms with Gasteiger partial charge in [0.25, 0.3) is 5.91 Å². The number of hydrogen-bond donors (Lipinski definition) is 2. The van der Waals surface area contributed by atoms with Crippen LogP contribution in [0.5, 0.6) is 0 Å². The molecule has 0 spiro atoms. The number of benzene rings is 1. The molecule has 2 N–H and O–H groups in total. The molecule has 0 radical (unpaired) electrons. The molecule has 0 aromatic heterocycles. The van der Waals surface area contributed by atoms with Gasteiger partial charge in [-0.1, -0.05) is 11.8 Å². The van der Waals surface area contributed by atoms with Gasteiger partial charge >= 0.3 is 0 Å². The highest BCUT2D eigenvalue weighted by Gasteiger charge is 2.41. The first kappa shape index (κ1) is 14.0. The van der Waals surface area contributed by atoms with Gasteiger partial charge in [-0.2, -0.15) is 11.8 Å². The van der Waals surface area contributed by atoms with Gasteiger partial charge in [-0.3, -0.25) is 4.79 Å². The maximum Gasteiger partial charge on any atom is 0.251 e. The maximum absolute atomic E-state index is 12.0. The van der Waals surface area contributed by atoms with Gasteiger partial charge < -0.3 is 10.4 Å². The van der Waals surface area contributed by atoms with Crippen molar-refractivity contribution >= 4 is 17.7 Å². The third-order valence-electron chi connectivity index (χ3n) is 3.27. The molecule has 0 unspecified atom stereocenters. The lowest BCUT2D eigenvalue weighted by Gasteiger charge is -2.12. The van der Waals surface area contributed by atoms with Crippen LogP contribution in [0, 0.1) is 11.8 Å². The fourth-order valence-corrected chi connectivity index (χ4v) is 2.51. The molecule has 1 aromatic carbocycles. The summed E-state index contributed by atoms with van der Waals surface area (Å²) in [6.45, 7) is 0.581. The zero-order chi connectivity index (χ0) is 13.7. The molecular weight excluding hydrogens is 258 g/mol. The Bertz CT molecular complexity index is 509. The predicted molar refractivity (Wildman–Crippen MR) is 78.2 cm³/mol. The summed E-state index contributed by atoms with van der Waals surface area (Å²) in [6, 6.07) is 7.10. The van der Waals surface area contributed by atoms with E-state index in [1.807, 2.05) is 11.8 Å². The first-order valence-electron chi connectivity index (χ1n) is 6.22. The van der Waals surface area contributed by atoms with E-state index < -0.39 is 0 Å². The number of rotatable bonds is 4. The number of carbonyl (C=O) groups excluding carboxylic acids is 1. The van der Waals surface area contributed by atoms with Gasteiger partial charge in [-0.15, -0.1) is 0 Å². The van der Waals surface area contributed by atoms with Crippen molar-refractivity contribution < 1.29 is 9.90 Å². The number of amides is 1. The van der Waals surface area contributed by atoms with Crippen LogP contribution in [-0.2, 0) is 0 Å². The number of nitrogens with one attached hydrogen (secondary N) is 1. The van der Waals surface area contributed by atoms with E-state index in [1.165, 1.54) is 12.8 Å². The van der Waals surface area contributed by atoms with E-state index in [-0.39, 0.29) is 17.3 Å². The van der Waals surface area contributed by atoms with E-state index in [1.54, 1.807) is 24.3 Å². The van der Waals surface area contributed by atoms with Crippen LogP contribution in [0.1, 0.15) is 28.8 Å². The minimum atomic E-state index is -0.154. The van der Waals surface area contributed by atoms with Crippen LogP contribution in [-0.4, -0.2) is 35.2 Å². The Balaban J connectivity index is 1.92. The summed E-state index contributed by atoms with van der Waals surface area (Å²) in [6.07, 6.45) is 4.46. The van der Waals surface area contributed by atoms with Crippen LogP contribution < -0.4 is 5.32 Å². The summed E-state index contributed by atoms with van der Waals surface area (Å²) in [4.78, 5) is 12.0. The molecule has 3 nitrogen and oxygen atoms in total. The Morgan fingerprint density at radius 1 is 1.42 bits per heavy atom. The topological polar surface area (TPSA) is 49.3 Å². The maximum atomic E-state index is 12.0. The lowest BCUT2D eigenvalue weighted by molar-refractivity contribution is 0.0953. The van der Waals surface area contributed by atoms with Crippen molar-refractivity contribution in [2.24, 2.45) is 0 Å². The van der Waals surface area contributed by atoms with E-state index in [2.05, 4.69) is 23.4 Å². The Kier molecular flexibility index (Phi) is 4.52. The zero-order valence-electron chi connectivity index (χ0n) is 10.9. The molecule has 1 aliphatic rings. The second-order valence-corrected chi connectivity index (χ2v) is 5.88. The molecule has 0 bridgehead atoms. The summed E-state index contributed by atoms with van der Waals surface area (Å²) < 4.78 is 0.280. The van der Waals surface area contributed by atoms with Gasteiger partial charge in [0, 0.05) is 22.4 Å². The van der Waals surface area contributed by atoms with Gasteiger partial charge in [0.05, 0.1) is 0 Å². The molecule has 0 heterocycles. The van der Waals surface area contributed by atoms with Crippen LogP contribution in [0.2, 0.25) is 0 Å². The normalized spacial score (nSPS) is 15.3. The Morgan fingerprint density at radius 2 is 2.11 bits per heavy atom. The Hall–Kier alpha value is -1.44. The quantitative estimate of drug-likeness (QED) is 0.822. The second kappa shape index (κ2) is 6.14.